The average Bonchev–Trinajstić information content (AvgIpc) is 2.35. The van der Waals surface area contributed by atoms with Crippen molar-refractivity contribution in [3.8, 4) is 5.75 Å². The summed E-state index contributed by atoms with van der Waals surface area (Å²) in [6, 6.07) is 7.95. The molecular weight excluding hydrogens is 200 g/mol. The van der Waals surface area contributed by atoms with Crippen LogP contribution in [0.25, 0.3) is 6.08 Å². The molecule has 1 aromatic carbocycles. The quantitative estimate of drug-likeness (QED) is 0.797. The van der Waals surface area contributed by atoms with Gasteiger partial charge in [-0.25, -0.2) is 0 Å². The minimum Gasteiger partial charge on any atom is -0.494 e. The highest BCUT2D eigenvalue weighted by Gasteiger charge is 1.95. The van der Waals surface area contributed by atoms with Gasteiger partial charge in [0, 0.05) is 0 Å². The molecule has 0 spiro atoms. The van der Waals surface area contributed by atoms with E-state index in [4.69, 9.17) is 9.84 Å². The van der Waals surface area contributed by atoms with Crippen LogP contribution < -0.4 is 4.74 Å². The van der Waals surface area contributed by atoms with Gasteiger partial charge in [-0.1, -0.05) is 32.1 Å². The van der Waals surface area contributed by atoms with E-state index in [0.717, 1.165) is 36.3 Å². The van der Waals surface area contributed by atoms with E-state index in [1.54, 1.807) is 0 Å². The Bertz CT molecular complexity index is 319. The largest absolute Gasteiger partial charge is 0.494 e. The fourth-order valence-electron chi connectivity index (χ4n) is 1.38. The lowest BCUT2D eigenvalue weighted by Crippen LogP contribution is -1.94. The van der Waals surface area contributed by atoms with Crippen molar-refractivity contribution < 1.29 is 9.84 Å². The first-order chi connectivity index (χ1) is 7.80. The molecule has 0 aliphatic carbocycles. The van der Waals surface area contributed by atoms with E-state index in [9.17, 15) is 0 Å². The van der Waals surface area contributed by atoms with Crippen molar-refractivity contribution >= 4 is 6.08 Å². The highest BCUT2D eigenvalue weighted by atomic mass is 16.5. The summed E-state index contributed by atoms with van der Waals surface area (Å²) >= 11 is 0. The van der Waals surface area contributed by atoms with Gasteiger partial charge in [-0.2, -0.15) is 0 Å². The lowest BCUT2D eigenvalue weighted by Gasteiger charge is -2.05. The molecule has 0 heterocycles. The molecule has 0 amide bonds. The van der Waals surface area contributed by atoms with E-state index in [1.165, 1.54) is 0 Å². The third kappa shape index (κ3) is 4.07. The summed E-state index contributed by atoms with van der Waals surface area (Å²) in [5, 5.41) is 9.07. The number of aliphatic hydroxyl groups is 1. The number of aliphatic hydroxyl groups excluding tert-OH is 1. The fraction of sp³-hybridized carbons (Fsp3) is 0.429. The first-order valence-electron chi connectivity index (χ1n) is 5.83. The van der Waals surface area contributed by atoms with Gasteiger partial charge in [-0.15, -0.1) is 0 Å². The van der Waals surface area contributed by atoms with Crippen LogP contribution in [0.15, 0.2) is 29.8 Å². The number of ether oxygens (including phenoxy) is 1. The Morgan fingerprint density at radius 3 is 2.44 bits per heavy atom. The molecule has 1 aromatic rings. The standard InChI is InChI=1S/C14H20O2/c1-3-9-16-14-7-5-13(6-8-14)10-12(4-2)11-15/h5-8,10,15H,3-4,9,11H2,1-2H3. The summed E-state index contributed by atoms with van der Waals surface area (Å²) < 4.78 is 5.50. The van der Waals surface area contributed by atoms with Crippen LogP contribution in [-0.2, 0) is 0 Å². The molecule has 0 saturated carbocycles. The summed E-state index contributed by atoms with van der Waals surface area (Å²) in [6.45, 7) is 5.02. The van der Waals surface area contributed by atoms with E-state index < -0.39 is 0 Å². The summed E-state index contributed by atoms with van der Waals surface area (Å²) in [7, 11) is 0. The molecule has 0 bridgehead atoms. The number of hydrogen-bond donors (Lipinski definition) is 1. The summed E-state index contributed by atoms with van der Waals surface area (Å²) in [6.07, 6.45) is 3.92. The zero-order chi connectivity index (χ0) is 11.8. The summed E-state index contributed by atoms with van der Waals surface area (Å²) in [5.74, 6) is 0.904. The monoisotopic (exact) mass is 220 g/mol. The molecule has 1 N–H and O–H groups in total. The fourth-order valence-corrected chi connectivity index (χ4v) is 1.38. The van der Waals surface area contributed by atoms with E-state index in [1.807, 2.05) is 37.3 Å². The van der Waals surface area contributed by atoms with Crippen LogP contribution >= 0.6 is 0 Å². The molecule has 0 fully saturated rings. The molecular formula is C14H20O2. The number of hydrogen-bond acceptors (Lipinski definition) is 2. The minimum atomic E-state index is 0.130. The topological polar surface area (TPSA) is 29.5 Å². The zero-order valence-corrected chi connectivity index (χ0v) is 10.1. The molecule has 0 aliphatic rings. The predicted octanol–water partition coefficient (Wildman–Crippen LogP) is 3.26. The van der Waals surface area contributed by atoms with Crippen LogP contribution in [0.4, 0.5) is 0 Å². The van der Waals surface area contributed by atoms with Gasteiger partial charge in [0.2, 0.25) is 0 Å². The number of benzene rings is 1. The van der Waals surface area contributed by atoms with E-state index in [-0.39, 0.29) is 6.61 Å². The molecule has 0 unspecified atom stereocenters. The molecule has 0 aromatic heterocycles. The molecule has 16 heavy (non-hydrogen) atoms. The maximum absolute atomic E-state index is 9.07. The lowest BCUT2D eigenvalue weighted by molar-refractivity contribution is 0.317. The predicted molar refractivity (Wildman–Crippen MR) is 67.6 cm³/mol. The van der Waals surface area contributed by atoms with Gasteiger partial charge in [0.15, 0.2) is 0 Å². The highest BCUT2D eigenvalue weighted by molar-refractivity contribution is 5.54. The Morgan fingerprint density at radius 1 is 1.25 bits per heavy atom. The van der Waals surface area contributed by atoms with Crippen LogP contribution in [0, 0.1) is 0 Å². The van der Waals surface area contributed by atoms with E-state index in [2.05, 4.69) is 6.92 Å². The highest BCUT2D eigenvalue weighted by Crippen LogP contribution is 2.15. The van der Waals surface area contributed by atoms with Crippen LogP contribution in [0.2, 0.25) is 0 Å². The SMILES string of the molecule is CCCOc1ccc(C=C(CC)CO)cc1. The molecule has 0 aliphatic heterocycles. The second kappa shape index (κ2) is 7.07. The van der Waals surface area contributed by atoms with Gasteiger partial charge in [0.25, 0.3) is 0 Å². The first kappa shape index (κ1) is 12.8. The third-order valence-electron chi connectivity index (χ3n) is 2.38. The summed E-state index contributed by atoms with van der Waals surface area (Å²) in [5.41, 5.74) is 2.15. The molecule has 1 rings (SSSR count). The second-order valence-corrected chi connectivity index (χ2v) is 3.73. The molecule has 0 atom stereocenters. The maximum atomic E-state index is 9.07. The van der Waals surface area contributed by atoms with Crippen LogP contribution in [0.1, 0.15) is 32.3 Å². The molecule has 2 nitrogen and oxygen atoms in total. The first-order valence-corrected chi connectivity index (χ1v) is 5.83. The van der Waals surface area contributed by atoms with Crippen LogP contribution in [-0.4, -0.2) is 18.3 Å². The smallest absolute Gasteiger partial charge is 0.119 e. The lowest BCUT2D eigenvalue weighted by atomic mass is 10.1. The van der Waals surface area contributed by atoms with E-state index >= 15 is 0 Å². The molecule has 88 valence electrons. The summed E-state index contributed by atoms with van der Waals surface area (Å²) in [4.78, 5) is 0. The van der Waals surface area contributed by atoms with Crippen molar-refractivity contribution in [2.75, 3.05) is 13.2 Å². The van der Waals surface area contributed by atoms with Gasteiger partial charge >= 0.3 is 0 Å². The van der Waals surface area contributed by atoms with Gasteiger partial charge in [-0.05, 0) is 36.1 Å². The normalized spacial score (nSPS) is 11.6. The number of rotatable bonds is 6. The van der Waals surface area contributed by atoms with E-state index in [0.29, 0.717) is 0 Å². The van der Waals surface area contributed by atoms with Crippen molar-refractivity contribution in [2.24, 2.45) is 0 Å². The maximum Gasteiger partial charge on any atom is 0.119 e. The van der Waals surface area contributed by atoms with Gasteiger partial charge in [0.1, 0.15) is 5.75 Å². The van der Waals surface area contributed by atoms with Crippen molar-refractivity contribution in [2.45, 2.75) is 26.7 Å². The molecule has 0 saturated heterocycles. The van der Waals surface area contributed by atoms with Crippen molar-refractivity contribution in [1.82, 2.24) is 0 Å². The Kier molecular flexibility index (Phi) is 5.65. The average molecular weight is 220 g/mol. The minimum absolute atomic E-state index is 0.130. The Hall–Kier alpha value is -1.28. The van der Waals surface area contributed by atoms with Crippen molar-refractivity contribution in [3.63, 3.8) is 0 Å². The Morgan fingerprint density at radius 2 is 1.94 bits per heavy atom. The van der Waals surface area contributed by atoms with Gasteiger partial charge in [-0.3, -0.25) is 0 Å². The van der Waals surface area contributed by atoms with Crippen LogP contribution in [0.3, 0.4) is 0 Å². The third-order valence-corrected chi connectivity index (χ3v) is 2.38. The second-order valence-electron chi connectivity index (χ2n) is 3.73. The van der Waals surface area contributed by atoms with Crippen molar-refractivity contribution in [3.05, 3.63) is 35.4 Å². The Balaban J connectivity index is 2.67. The Labute approximate surface area is 97.6 Å². The van der Waals surface area contributed by atoms with Crippen LogP contribution in [0.5, 0.6) is 5.75 Å². The molecule has 2 heteroatoms. The molecule has 0 radical (unpaired) electrons. The van der Waals surface area contributed by atoms with Gasteiger partial charge in [0.05, 0.1) is 13.2 Å². The van der Waals surface area contributed by atoms with Crippen molar-refractivity contribution in [1.29, 1.82) is 0 Å². The zero-order valence-electron chi connectivity index (χ0n) is 10.1. The van der Waals surface area contributed by atoms with Gasteiger partial charge < -0.3 is 9.84 Å².